The molecule has 0 aliphatic carbocycles. The molecule has 24 heavy (non-hydrogen) atoms. The van der Waals surface area contributed by atoms with Crippen LogP contribution in [0.4, 0.5) is 17.6 Å². The van der Waals surface area contributed by atoms with Crippen LogP contribution in [0.1, 0.15) is 31.2 Å². The fraction of sp³-hybridized carbons (Fsp3) is 0.562. The molecule has 0 aromatic heterocycles. The fourth-order valence-corrected chi connectivity index (χ4v) is 3.36. The van der Waals surface area contributed by atoms with Gasteiger partial charge in [0.15, 0.2) is 17.3 Å². The zero-order valence-corrected chi connectivity index (χ0v) is 13.0. The lowest BCUT2D eigenvalue weighted by molar-refractivity contribution is -0.219. The molecule has 3 atom stereocenters. The standard InChI is InChI=1S/C16H17F4NO3/c1-9-2-3-13(12(17)6-9)23-11-7-10-4-5-15(8-11,21-10)24-14(22)16(18,19)20/h2-3,6,10-11,21H,4-5,7-8H2,1H3/t10-,11+,15+/m0/s1. The van der Waals surface area contributed by atoms with Crippen LogP contribution in [-0.2, 0) is 9.53 Å². The molecule has 2 heterocycles. The molecule has 8 heteroatoms. The lowest BCUT2D eigenvalue weighted by atomic mass is 9.99. The van der Waals surface area contributed by atoms with E-state index >= 15 is 0 Å². The highest BCUT2D eigenvalue weighted by Crippen LogP contribution is 2.39. The van der Waals surface area contributed by atoms with Gasteiger partial charge in [0.1, 0.15) is 6.10 Å². The average Bonchev–Trinajstić information content (AvgIpc) is 2.76. The van der Waals surface area contributed by atoms with Crippen molar-refractivity contribution >= 4 is 5.97 Å². The van der Waals surface area contributed by atoms with Gasteiger partial charge in [-0.15, -0.1) is 0 Å². The molecule has 0 amide bonds. The number of carbonyl (C=O) groups excluding carboxylic acids is 1. The summed E-state index contributed by atoms with van der Waals surface area (Å²) in [6.07, 6.45) is -4.18. The third kappa shape index (κ3) is 3.48. The minimum atomic E-state index is -5.05. The number of alkyl halides is 3. The fourth-order valence-electron chi connectivity index (χ4n) is 3.36. The topological polar surface area (TPSA) is 47.6 Å². The number of rotatable bonds is 3. The Hall–Kier alpha value is -1.83. The largest absolute Gasteiger partial charge is 0.490 e. The Morgan fingerprint density at radius 2 is 2.12 bits per heavy atom. The van der Waals surface area contributed by atoms with E-state index in [9.17, 15) is 22.4 Å². The molecule has 132 valence electrons. The number of fused-ring (bicyclic) bond motifs is 2. The highest BCUT2D eigenvalue weighted by Gasteiger charge is 2.53. The van der Waals surface area contributed by atoms with Gasteiger partial charge in [-0.2, -0.15) is 13.2 Å². The Labute approximate surface area is 136 Å². The maximum atomic E-state index is 13.9. The summed E-state index contributed by atoms with van der Waals surface area (Å²) >= 11 is 0. The zero-order valence-electron chi connectivity index (χ0n) is 13.0. The minimum absolute atomic E-state index is 0.0403. The van der Waals surface area contributed by atoms with Gasteiger partial charge in [0.05, 0.1) is 0 Å². The van der Waals surface area contributed by atoms with Gasteiger partial charge < -0.3 is 9.47 Å². The monoisotopic (exact) mass is 347 g/mol. The molecule has 2 aliphatic rings. The number of carbonyl (C=O) groups is 1. The Balaban J connectivity index is 1.72. The van der Waals surface area contributed by atoms with Crippen molar-refractivity contribution in [3.8, 4) is 5.75 Å². The van der Waals surface area contributed by atoms with Crippen LogP contribution >= 0.6 is 0 Å². The van der Waals surface area contributed by atoms with Gasteiger partial charge >= 0.3 is 12.1 Å². The van der Waals surface area contributed by atoms with Crippen LogP contribution in [-0.4, -0.2) is 30.0 Å². The summed E-state index contributed by atoms with van der Waals surface area (Å²) in [6, 6.07) is 4.37. The predicted octanol–water partition coefficient (Wildman–Crippen LogP) is 3.23. The number of piperidine rings is 1. The van der Waals surface area contributed by atoms with Crippen LogP contribution in [0.15, 0.2) is 18.2 Å². The van der Waals surface area contributed by atoms with Gasteiger partial charge in [0, 0.05) is 18.9 Å². The first-order chi connectivity index (χ1) is 11.2. The molecule has 0 saturated carbocycles. The minimum Gasteiger partial charge on any atom is -0.487 e. The molecule has 2 saturated heterocycles. The lowest BCUT2D eigenvalue weighted by Gasteiger charge is -2.38. The van der Waals surface area contributed by atoms with Crippen LogP contribution in [0.25, 0.3) is 0 Å². The summed E-state index contributed by atoms with van der Waals surface area (Å²) in [6.45, 7) is 1.74. The Morgan fingerprint density at radius 3 is 2.79 bits per heavy atom. The zero-order chi connectivity index (χ0) is 17.5. The molecule has 2 aliphatic heterocycles. The SMILES string of the molecule is Cc1ccc(O[C@@H]2C[C@@H]3CC[C@@](OC(=O)C(F)(F)F)(C2)N3)c(F)c1. The highest BCUT2D eigenvalue weighted by atomic mass is 19.4. The molecule has 1 aromatic rings. The molecular formula is C16H17F4NO3. The summed E-state index contributed by atoms with van der Waals surface area (Å²) in [5.74, 6) is -2.70. The van der Waals surface area contributed by atoms with Crippen molar-refractivity contribution in [1.82, 2.24) is 5.32 Å². The lowest BCUT2D eigenvalue weighted by Crippen LogP contribution is -2.56. The van der Waals surface area contributed by atoms with Gasteiger partial charge in [0.25, 0.3) is 0 Å². The highest BCUT2D eigenvalue weighted by molar-refractivity contribution is 5.76. The molecular weight excluding hydrogens is 330 g/mol. The first kappa shape index (κ1) is 17.0. The van der Waals surface area contributed by atoms with E-state index in [2.05, 4.69) is 5.32 Å². The molecule has 1 N–H and O–H groups in total. The van der Waals surface area contributed by atoms with E-state index in [4.69, 9.17) is 9.47 Å². The number of benzene rings is 1. The quantitative estimate of drug-likeness (QED) is 0.674. The van der Waals surface area contributed by atoms with E-state index in [0.29, 0.717) is 12.8 Å². The van der Waals surface area contributed by atoms with Crippen LogP contribution < -0.4 is 10.1 Å². The molecule has 0 unspecified atom stereocenters. The number of esters is 1. The number of hydrogen-bond donors (Lipinski definition) is 1. The normalized spacial score (nSPS) is 29.4. The second kappa shape index (κ2) is 5.91. The second-order valence-electron chi connectivity index (χ2n) is 6.38. The van der Waals surface area contributed by atoms with Crippen molar-refractivity contribution in [1.29, 1.82) is 0 Å². The molecule has 3 rings (SSSR count). The third-order valence-electron chi connectivity index (χ3n) is 4.37. The van der Waals surface area contributed by atoms with E-state index in [1.54, 1.807) is 13.0 Å². The van der Waals surface area contributed by atoms with E-state index in [-0.39, 0.29) is 24.6 Å². The summed E-state index contributed by atoms with van der Waals surface area (Å²) < 4.78 is 61.7. The van der Waals surface area contributed by atoms with Crippen molar-refractivity contribution in [3.63, 3.8) is 0 Å². The van der Waals surface area contributed by atoms with Crippen LogP contribution in [0.3, 0.4) is 0 Å². The number of aryl methyl sites for hydroxylation is 1. The maximum Gasteiger partial charge on any atom is 0.490 e. The van der Waals surface area contributed by atoms with Gasteiger partial charge in [-0.3, -0.25) is 5.32 Å². The molecule has 2 bridgehead atoms. The average molecular weight is 347 g/mol. The maximum absolute atomic E-state index is 13.9. The summed E-state index contributed by atoms with van der Waals surface area (Å²) in [7, 11) is 0. The number of halogens is 4. The van der Waals surface area contributed by atoms with Crippen LogP contribution in [0.2, 0.25) is 0 Å². The van der Waals surface area contributed by atoms with Gasteiger partial charge in [-0.25, -0.2) is 9.18 Å². The van der Waals surface area contributed by atoms with Crippen molar-refractivity contribution < 1.29 is 31.8 Å². The second-order valence-corrected chi connectivity index (χ2v) is 6.38. The van der Waals surface area contributed by atoms with E-state index in [1.807, 2.05) is 0 Å². The van der Waals surface area contributed by atoms with Crippen molar-refractivity contribution in [2.24, 2.45) is 0 Å². The smallest absolute Gasteiger partial charge is 0.487 e. The number of ether oxygens (including phenoxy) is 2. The van der Waals surface area contributed by atoms with Gasteiger partial charge in [-0.1, -0.05) is 6.07 Å². The van der Waals surface area contributed by atoms with Crippen molar-refractivity contribution in [2.45, 2.75) is 56.7 Å². The number of hydrogen-bond acceptors (Lipinski definition) is 4. The number of nitrogens with one attached hydrogen (secondary N) is 1. The van der Waals surface area contributed by atoms with E-state index in [1.165, 1.54) is 12.1 Å². The predicted molar refractivity (Wildman–Crippen MR) is 75.8 cm³/mol. The first-order valence-electron chi connectivity index (χ1n) is 7.67. The molecule has 0 spiro atoms. The molecule has 0 radical (unpaired) electrons. The van der Waals surface area contributed by atoms with E-state index < -0.39 is 29.8 Å². The Bertz CT molecular complexity index is 649. The molecule has 2 fully saturated rings. The summed E-state index contributed by atoms with van der Waals surface area (Å²) in [5, 5.41) is 2.93. The Kier molecular flexibility index (Phi) is 4.19. The molecule has 4 nitrogen and oxygen atoms in total. The van der Waals surface area contributed by atoms with Crippen molar-refractivity contribution in [3.05, 3.63) is 29.6 Å². The van der Waals surface area contributed by atoms with E-state index in [0.717, 1.165) is 5.56 Å². The summed E-state index contributed by atoms with van der Waals surface area (Å²) in [5.41, 5.74) is -0.665. The van der Waals surface area contributed by atoms with Crippen LogP contribution in [0, 0.1) is 12.7 Å². The van der Waals surface area contributed by atoms with Crippen molar-refractivity contribution in [2.75, 3.05) is 0 Å². The van der Waals surface area contributed by atoms with Crippen LogP contribution in [0.5, 0.6) is 5.75 Å². The Morgan fingerprint density at radius 1 is 1.38 bits per heavy atom. The third-order valence-corrected chi connectivity index (χ3v) is 4.37. The van der Waals surface area contributed by atoms with Gasteiger partial charge in [-0.05, 0) is 37.5 Å². The summed E-state index contributed by atoms with van der Waals surface area (Å²) in [4.78, 5) is 11.2. The molecule has 1 aromatic carbocycles. The first-order valence-corrected chi connectivity index (χ1v) is 7.67. The van der Waals surface area contributed by atoms with Gasteiger partial charge in [0.2, 0.25) is 0 Å².